The number of aromatic nitrogens is 5. The number of methoxy groups -OCH3 is 1. The molecule has 0 bridgehead atoms. The average Bonchev–Trinajstić information content (AvgIpc) is 3.25. The van der Waals surface area contributed by atoms with E-state index in [4.69, 9.17) is 20.4 Å². The van der Waals surface area contributed by atoms with Gasteiger partial charge in [-0.2, -0.15) is 0 Å². The number of ether oxygens (including phenoxy) is 1. The molecule has 0 saturated heterocycles. The molecule has 2 N–H and O–H groups in total. The Morgan fingerprint density at radius 1 is 1.19 bits per heavy atom. The van der Waals surface area contributed by atoms with E-state index in [0.717, 1.165) is 31.9 Å². The highest BCUT2D eigenvalue weighted by molar-refractivity contribution is 7.99. The van der Waals surface area contributed by atoms with Crippen molar-refractivity contribution in [3.63, 3.8) is 0 Å². The third-order valence-corrected chi connectivity index (χ3v) is 6.20. The van der Waals surface area contributed by atoms with Gasteiger partial charge in [0.2, 0.25) is 0 Å². The predicted octanol–water partition coefficient (Wildman–Crippen LogP) is 3.82. The van der Waals surface area contributed by atoms with Crippen LogP contribution >= 0.6 is 23.1 Å². The topological polar surface area (TPSA) is 91.7 Å². The number of nitrogen functional groups attached to an aromatic ring is 1. The van der Waals surface area contributed by atoms with Crippen LogP contribution in [0, 0.1) is 0 Å². The van der Waals surface area contributed by atoms with Crippen molar-refractivity contribution in [1.82, 2.24) is 24.5 Å². The number of thioether (sulfide) groups is 1. The van der Waals surface area contributed by atoms with Crippen molar-refractivity contribution in [2.75, 3.05) is 12.8 Å². The molecule has 0 spiro atoms. The molecule has 0 radical (unpaired) electrons. The van der Waals surface area contributed by atoms with Gasteiger partial charge in [-0.25, -0.2) is 19.9 Å². The van der Waals surface area contributed by atoms with Crippen molar-refractivity contribution in [3.8, 4) is 22.0 Å². The van der Waals surface area contributed by atoms with Gasteiger partial charge < -0.3 is 15.0 Å². The number of benzene rings is 1. The molecule has 3 aromatic heterocycles. The number of thiazole rings is 1. The lowest BCUT2D eigenvalue weighted by Gasteiger charge is -2.08. The molecule has 1 atom stereocenters. The Hall–Kier alpha value is -2.49. The average molecular weight is 399 g/mol. The molecular weight excluding hydrogens is 380 g/mol. The van der Waals surface area contributed by atoms with Crippen molar-refractivity contribution in [2.45, 2.75) is 17.5 Å². The zero-order chi connectivity index (χ0) is 19.0. The van der Waals surface area contributed by atoms with E-state index in [-0.39, 0.29) is 5.44 Å². The van der Waals surface area contributed by atoms with E-state index in [9.17, 15) is 0 Å². The maximum atomic E-state index is 5.97. The fraction of sp³-hybridized carbons (Fsp3) is 0.222. The lowest BCUT2D eigenvalue weighted by Crippen LogP contribution is -2.02. The third kappa shape index (κ3) is 3.29. The van der Waals surface area contributed by atoms with Gasteiger partial charge in [0, 0.05) is 19.7 Å². The highest BCUT2D eigenvalue weighted by Crippen LogP contribution is 2.39. The summed E-state index contributed by atoms with van der Waals surface area (Å²) in [6, 6.07) is 10.1. The molecule has 1 unspecified atom stereocenters. The Morgan fingerprint density at radius 2 is 1.96 bits per heavy atom. The van der Waals surface area contributed by atoms with E-state index >= 15 is 0 Å². The summed E-state index contributed by atoms with van der Waals surface area (Å²) in [6.07, 6.45) is 1.46. The van der Waals surface area contributed by atoms with Crippen molar-refractivity contribution < 1.29 is 4.74 Å². The molecule has 9 heteroatoms. The Bertz CT molecular complexity index is 1090. The Kier molecular flexibility index (Phi) is 4.81. The lowest BCUT2D eigenvalue weighted by atomic mass is 10.1. The van der Waals surface area contributed by atoms with Gasteiger partial charge in [-0.3, -0.25) is 0 Å². The highest BCUT2D eigenvalue weighted by atomic mass is 32.2. The summed E-state index contributed by atoms with van der Waals surface area (Å²) < 4.78 is 7.44. The predicted molar refractivity (Wildman–Crippen MR) is 110 cm³/mol. The molecule has 4 aromatic rings. The van der Waals surface area contributed by atoms with Gasteiger partial charge in [-0.1, -0.05) is 53.4 Å². The van der Waals surface area contributed by atoms with Crippen LogP contribution in [0.1, 0.15) is 6.92 Å². The fourth-order valence-corrected chi connectivity index (χ4v) is 4.48. The number of nitrogens with two attached hydrogens (primary N) is 1. The van der Waals surface area contributed by atoms with Crippen LogP contribution in [0.25, 0.3) is 32.3 Å². The minimum absolute atomic E-state index is 0.0144. The van der Waals surface area contributed by atoms with E-state index in [1.54, 1.807) is 18.9 Å². The molecule has 0 aliphatic heterocycles. The summed E-state index contributed by atoms with van der Waals surface area (Å²) in [4.78, 5) is 18.7. The zero-order valence-electron chi connectivity index (χ0n) is 15.1. The minimum Gasteiger partial charge on any atom is -0.382 e. The van der Waals surface area contributed by atoms with Crippen molar-refractivity contribution in [3.05, 3.63) is 36.7 Å². The number of hydrogen-bond acceptors (Lipinski definition) is 8. The highest BCUT2D eigenvalue weighted by Gasteiger charge is 2.23. The maximum absolute atomic E-state index is 5.97. The quantitative estimate of drug-likeness (QED) is 0.403. The van der Waals surface area contributed by atoms with Crippen LogP contribution in [0.4, 0.5) is 5.82 Å². The smallest absolute Gasteiger partial charge is 0.171 e. The zero-order valence-corrected chi connectivity index (χ0v) is 16.7. The van der Waals surface area contributed by atoms with Gasteiger partial charge >= 0.3 is 0 Å². The number of rotatable bonds is 5. The second kappa shape index (κ2) is 7.26. The molecule has 7 nitrogen and oxygen atoms in total. The molecule has 0 saturated carbocycles. The van der Waals surface area contributed by atoms with Gasteiger partial charge in [0.25, 0.3) is 0 Å². The van der Waals surface area contributed by atoms with E-state index in [1.165, 1.54) is 17.7 Å². The largest absolute Gasteiger partial charge is 0.382 e. The van der Waals surface area contributed by atoms with Crippen LogP contribution in [0.3, 0.4) is 0 Å². The van der Waals surface area contributed by atoms with Gasteiger partial charge in [-0.15, -0.1) is 0 Å². The second-order valence-electron chi connectivity index (χ2n) is 5.87. The first-order valence-corrected chi connectivity index (χ1v) is 9.97. The van der Waals surface area contributed by atoms with Gasteiger partial charge in [0.1, 0.15) is 38.5 Å². The lowest BCUT2D eigenvalue weighted by molar-refractivity contribution is 0.187. The van der Waals surface area contributed by atoms with Crippen LogP contribution in [0.15, 0.2) is 41.8 Å². The summed E-state index contributed by atoms with van der Waals surface area (Å²) in [6.45, 7) is 2.00. The first-order valence-electron chi connectivity index (χ1n) is 8.27. The van der Waals surface area contributed by atoms with Crippen molar-refractivity contribution in [1.29, 1.82) is 0 Å². The first kappa shape index (κ1) is 17.9. The standard InChI is InChI=1S/C18H18N6OS2/c1-10(25-3)26-18-23-12(11-7-5-4-6-8-11)14(24(18)2)17-22-13-15(19)20-9-21-16(13)27-17/h4-10H,1-3H3,(H2,19,20,21). The number of fused-ring (bicyclic) bond motifs is 1. The normalized spacial score (nSPS) is 12.6. The van der Waals surface area contributed by atoms with Crippen LogP contribution in [-0.4, -0.2) is 37.0 Å². The summed E-state index contributed by atoms with van der Waals surface area (Å²) >= 11 is 3.04. The summed E-state index contributed by atoms with van der Waals surface area (Å²) in [7, 11) is 3.68. The Morgan fingerprint density at radius 3 is 2.67 bits per heavy atom. The molecule has 3 heterocycles. The molecular formula is C18H18N6OS2. The molecule has 0 aliphatic rings. The summed E-state index contributed by atoms with van der Waals surface area (Å²) in [5.41, 5.74) is 9.40. The van der Waals surface area contributed by atoms with Crippen LogP contribution in [0.2, 0.25) is 0 Å². The number of nitrogens with zero attached hydrogens (tertiary/aromatic N) is 5. The molecule has 1 aromatic carbocycles. The summed E-state index contributed by atoms with van der Waals surface area (Å²) in [5, 5.41) is 1.67. The van der Waals surface area contributed by atoms with E-state index in [2.05, 4.69) is 9.97 Å². The van der Waals surface area contributed by atoms with E-state index in [0.29, 0.717) is 11.3 Å². The molecule has 0 aliphatic carbocycles. The van der Waals surface area contributed by atoms with Crippen LogP contribution in [0.5, 0.6) is 0 Å². The number of imidazole rings is 1. The first-order chi connectivity index (χ1) is 13.1. The van der Waals surface area contributed by atoms with Gasteiger partial charge in [0.15, 0.2) is 11.0 Å². The Balaban J connectivity index is 1.92. The third-order valence-electron chi connectivity index (χ3n) is 4.13. The van der Waals surface area contributed by atoms with Crippen molar-refractivity contribution in [2.24, 2.45) is 7.05 Å². The van der Waals surface area contributed by atoms with Crippen LogP contribution < -0.4 is 5.73 Å². The molecule has 0 fully saturated rings. The number of anilines is 1. The SMILES string of the molecule is COC(C)Sc1nc(-c2ccccc2)c(-c2nc3c(N)ncnc3s2)n1C. The molecule has 138 valence electrons. The minimum atomic E-state index is -0.0144. The fourth-order valence-electron chi connectivity index (χ4n) is 2.69. The number of hydrogen-bond donors (Lipinski definition) is 1. The van der Waals surface area contributed by atoms with E-state index in [1.807, 2.05) is 48.9 Å². The molecule has 4 rings (SSSR count). The molecule has 0 amide bonds. The maximum Gasteiger partial charge on any atom is 0.171 e. The summed E-state index contributed by atoms with van der Waals surface area (Å²) in [5.74, 6) is 0.383. The second-order valence-corrected chi connectivity index (χ2v) is 8.11. The van der Waals surface area contributed by atoms with Gasteiger partial charge in [0.05, 0.1) is 0 Å². The monoisotopic (exact) mass is 398 g/mol. The van der Waals surface area contributed by atoms with E-state index < -0.39 is 0 Å². The molecule has 27 heavy (non-hydrogen) atoms. The Labute approximate surface area is 164 Å². The van der Waals surface area contributed by atoms with Crippen LogP contribution in [-0.2, 0) is 11.8 Å². The van der Waals surface area contributed by atoms with Gasteiger partial charge in [-0.05, 0) is 6.92 Å². The van der Waals surface area contributed by atoms with Crippen molar-refractivity contribution >= 4 is 39.3 Å².